The number of benzene rings is 1. The molecule has 100 valence electrons. The fourth-order valence-electron chi connectivity index (χ4n) is 2.73. The zero-order valence-electron chi connectivity index (χ0n) is 11.7. The van der Waals surface area contributed by atoms with E-state index in [0.29, 0.717) is 5.92 Å². The summed E-state index contributed by atoms with van der Waals surface area (Å²) in [6.45, 7) is 6.52. The molecule has 0 bridgehead atoms. The molecule has 0 radical (unpaired) electrons. The largest absolute Gasteiger partial charge is 0.317 e. The molecule has 2 aromatic rings. The second kappa shape index (κ2) is 5.17. The van der Waals surface area contributed by atoms with Gasteiger partial charge in [0.15, 0.2) is 0 Å². The fraction of sp³-hybridized carbons (Fsp3) is 0.438. The molecule has 1 aliphatic rings. The summed E-state index contributed by atoms with van der Waals surface area (Å²) in [4.78, 5) is 0. The number of hydrogen-bond donors (Lipinski definition) is 2. The van der Waals surface area contributed by atoms with E-state index in [1.54, 1.807) is 0 Å². The van der Waals surface area contributed by atoms with Crippen LogP contribution in [0.3, 0.4) is 0 Å². The van der Waals surface area contributed by atoms with Gasteiger partial charge in [-0.1, -0.05) is 12.1 Å². The summed E-state index contributed by atoms with van der Waals surface area (Å²) in [5.74, 6) is 0.633. The van der Waals surface area contributed by atoms with Crippen LogP contribution in [0.5, 0.6) is 0 Å². The van der Waals surface area contributed by atoms with E-state index in [4.69, 9.17) is 0 Å². The highest BCUT2D eigenvalue weighted by molar-refractivity contribution is 5.61. The second-order valence-electron chi connectivity index (χ2n) is 5.53. The number of rotatable bonds is 2. The van der Waals surface area contributed by atoms with E-state index in [1.165, 1.54) is 35.2 Å². The molecule has 1 aromatic carbocycles. The van der Waals surface area contributed by atoms with Gasteiger partial charge in [-0.15, -0.1) is 0 Å². The monoisotopic (exact) mass is 255 g/mol. The maximum atomic E-state index is 4.49. The fourth-order valence-corrected chi connectivity index (χ4v) is 2.73. The van der Waals surface area contributed by atoms with Crippen molar-refractivity contribution in [1.29, 1.82) is 0 Å². The van der Waals surface area contributed by atoms with Gasteiger partial charge in [0.05, 0.1) is 5.69 Å². The molecule has 0 atom stereocenters. The molecule has 0 spiro atoms. The zero-order valence-corrected chi connectivity index (χ0v) is 11.7. The Hall–Kier alpha value is -1.61. The van der Waals surface area contributed by atoms with Crippen LogP contribution in [0.4, 0.5) is 0 Å². The summed E-state index contributed by atoms with van der Waals surface area (Å²) in [7, 11) is 0. The van der Waals surface area contributed by atoms with E-state index in [0.717, 1.165) is 18.8 Å². The van der Waals surface area contributed by atoms with E-state index in [1.807, 2.05) is 0 Å². The lowest BCUT2D eigenvalue weighted by Gasteiger charge is -2.20. The molecule has 0 unspecified atom stereocenters. The first kappa shape index (κ1) is 12.4. The van der Waals surface area contributed by atoms with Crippen molar-refractivity contribution in [1.82, 2.24) is 15.5 Å². The van der Waals surface area contributed by atoms with Gasteiger partial charge >= 0.3 is 0 Å². The first-order chi connectivity index (χ1) is 9.24. The minimum absolute atomic E-state index is 0.633. The number of nitrogens with zero attached hydrogens (tertiary/aromatic N) is 1. The van der Waals surface area contributed by atoms with Crippen LogP contribution in [0, 0.1) is 13.8 Å². The molecule has 1 saturated heterocycles. The average molecular weight is 255 g/mol. The zero-order chi connectivity index (χ0) is 13.2. The van der Waals surface area contributed by atoms with Crippen LogP contribution in [0.25, 0.3) is 11.3 Å². The van der Waals surface area contributed by atoms with Crippen LogP contribution >= 0.6 is 0 Å². The molecule has 1 aromatic heterocycles. The van der Waals surface area contributed by atoms with Gasteiger partial charge in [-0.3, -0.25) is 5.10 Å². The minimum atomic E-state index is 0.633. The molecule has 2 heterocycles. The lowest BCUT2D eigenvalue weighted by atomic mass is 9.94. The highest BCUT2D eigenvalue weighted by atomic mass is 15.1. The van der Waals surface area contributed by atoms with Crippen molar-refractivity contribution < 1.29 is 0 Å². The van der Waals surface area contributed by atoms with Gasteiger partial charge in [0.2, 0.25) is 0 Å². The van der Waals surface area contributed by atoms with Crippen molar-refractivity contribution in [3.05, 3.63) is 41.1 Å². The van der Waals surface area contributed by atoms with Crippen molar-refractivity contribution in [2.75, 3.05) is 13.1 Å². The molecule has 3 nitrogen and oxygen atoms in total. The topological polar surface area (TPSA) is 40.7 Å². The summed E-state index contributed by atoms with van der Waals surface area (Å²) in [5, 5.41) is 11.1. The smallest absolute Gasteiger partial charge is 0.0923 e. The Morgan fingerprint density at radius 2 is 1.84 bits per heavy atom. The third-order valence-electron chi connectivity index (χ3n) is 4.18. The number of aromatic nitrogens is 2. The summed E-state index contributed by atoms with van der Waals surface area (Å²) in [6.07, 6.45) is 2.41. The summed E-state index contributed by atoms with van der Waals surface area (Å²) >= 11 is 0. The minimum Gasteiger partial charge on any atom is -0.317 e. The van der Waals surface area contributed by atoms with Crippen LogP contribution in [-0.4, -0.2) is 23.3 Å². The molecule has 0 saturated carbocycles. The molecular weight excluding hydrogens is 234 g/mol. The third-order valence-corrected chi connectivity index (χ3v) is 4.18. The average Bonchev–Trinajstić information content (AvgIpc) is 2.93. The van der Waals surface area contributed by atoms with Crippen LogP contribution in [0.15, 0.2) is 24.3 Å². The highest BCUT2D eigenvalue weighted by Crippen LogP contribution is 2.27. The Bertz CT molecular complexity index is 565. The predicted molar refractivity (Wildman–Crippen MR) is 78.3 cm³/mol. The van der Waals surface area contributed by atoms with Gasteiger partial charge in [0.1, 0.15) is 0 Å². The van der Waals surface area contributed by atoms with Gasteiger partial charge in [-0.2, -0.15) is 5.10 Å². The van der Waals surface area contributed by atoms with E-state index < -0.39 is 0 Å². The van der Waals surface area contributed by atoms with Crippen molar-refractivity contribution >= 4 is 0 Å². The Labute approximate surface area is 114 Å². The van der Waals surface area contributed by atoms with Crippen molar-refractivity contribution in [2.24, 2.45) is 0 Å². The number of aryl methyl sites for hydroxylation is 2. The van der Waals surface area contributed by atoms with Gasteiger partial charge in [-0.05, 0) is 63.0 Å². The van der Waals surface area contributed by atoms with Gasteiger partial charge < -0.3 is 5.32 Å². The molecule has 1 fully saturated rings. The summed E-state index contributed by atoms with van der Waals surface area (Å²) < 4.78 is 0. The molecule has 0 amide bonds. The first-order valence-electron chi connectivity index (χ1n) is 7.07. The number of aromatic amines is 1. The Morgan fingerprint density at radius 1 is 1.05 bits per heavy atom. The lowest BCUT2D eigenvalue weighted by Crippen LogP contribution is -2.26. The van der Waals surface area contributed by atoms with E-state index in [9.17, 15) is 0 Å². The van der Waals surface area contributed by atoms with Gasteiger partial charge in [0.25, 0.3) is 0 Å². The highest BCUT2D eigenvalue weighted by Gasteiger charge is 2.17. The Kier molecular flexibility index (Phi) is 3.38. The molecule has 3 heteroatoms. The lowest BCUT2D eigenvalue weighted by molar-refractivity contribution is 0.453. The van der Waals surface area contributed by atoms with E-state index >= 15 is 0 Å². The Balaban J connectivity index is 1.85. The molecule has 1 aliphatic heterocycles. The van der Waals surface area contributed by atoms with Gasteiger partial charge in [0, 0.05) is 17.2 Å². The van der Waals surface area contributed by atoms with Crippen molar-refractivity contribution in [3.63, 3.8) is 0 Å². The predicted octanol–water partition coefficient (Wildman–Crippen LogP) is 3.16. The summed E-state index contributed by atoms with van der Waals surface area (Å²) in [5.41, 5.74) is 6.22. The van der Waals surface area contributed by atoms with Crippen LogP contribution < -0.4 is 5.32 Å². The molecule has 19 heavy (non-hydrogen) atoms. The molecule has 2 N–H and O–H groups in total. The number of H-pyrrole nitrogens is 1. The Morgan fingerprint density at radius 3 is 2.58 bits per heavy atom. The quantitative estimate of drug-likeness (QED) is 0.865. The van der Waals surface area contributed by atoms with Crippen LogP contribution in [0.1, 0.15) is 35.6 Å². The molecule has 3 rings (SSSR count). The number of piperidine rings is 1. The molecular formula is C16H21N3. The van der Waals surface area contributed by atoms with Crippen LogP contribution in [-0.2, 0) is 0 Å². The molecule has 0 aliphatic carbocycles. The maximum Gasteiger partial charge on any atom is 0.0923 e. The van der Waals surface area contributed by atoms with Crippen molar-refractivity contribution in [2.45, 2.75) is 32.6 Å². The second-order valence-corrected chi connectivity index (χ2v) is 5.53. The van der Waals surface area contributed by atoms with E-state index in [2.05, 4.69) is 53.6 Å². The third kappa shape index (κ3) is 2.56. The van der Waals surface area contributed by atoms with Crippen molar-refractivity contribution in [3.8, 4) is 11.3 Å². The van der Waals surface area contributed by atoms with Gasteiger partial charge in [-0.25, -0.2) is 0 Å². The summed E-state index contributed by atoms with van der Waals surface area (Å²) in [6, 6.07) is 8.77. The first-order valence-corrected chi connectivity index (χ1v) is 7.07. The van der Waals surface area contributed by atoms with E-state index in [-0.39, 0.29) is 0 Å². The SMILES string of the molecule is Cc1ccc(-c2cc(C3CCNCC3)[nH]n2)cc1C. The van der Waals surface area contributed by atoms with Crippen LogP contribution in [0.2, 0.25) is 0 Å². The number of hydrogen-bond acceptors (Lipinski definition) is 2. The number of nitrogens with one attached hydrogen (secondary N) is 2. The standard InChI is InChI=1S/C16H21N3/c1-11-3-4-14(9-12(11)2)16-10-15(18-19-16)13-5-7-17-8-6-13/h3-4,9-10,13,17H,5-8H2,1-2H3,(H,18,19). The maximum absolute atomic E-state index is 4.49. The normalized spacial score (nSPS) is 16.7.